The van der Waals surface area contributed by atoms with Crippen LogP contribution >= 0.6 is 11.6 Å². The van der Waals surface area contributed by atoms with Crippen LogP contribution in [0.15, 0.2) is 30.6 Å². The number of hydrogen-bond acceptors (Lipinski definition) is 5. The number of benzene rings is 1. The molecule has 2 aromatic rings. The maximum absolute atomic E-state index is 5.90. The lowest BCUT2D eigenvalue weighted by Crippen LogP contribution is -2.12. The van der Waals surface area contributed by atoms with Crippen molar-refractivity contribution in [2.45, 2.75) is 13.3 Å². The molecule has 1 heterocycles. The van der Waals surface area contributed by atoms with Gasteiger partial charge in [0.25, 0.3) is 0 Å². The number of nitrogens with zero attached hydrogens (tertiary/aromatic N) is 2. The van der Waals surface area contributed by atoms with E-state index < -0.39 is 0 Å². The Kier molecular flexibility index (Phi) is 3.96. The number of aromatic nitrogens is 2. The second-order valence-electron chi connectivity index (χ2n) is 3.56. The molecular formula is C12H13ClN4O. The highest BCUT2D eigenvalue weighted by atomic mass is 35.5. The summed E-state index contributed by atoms with van der Waals surface area (Å²) < 4.78 is 5.69. The lowest BCUT2D eigenvalue weighted by Gasteiger charge is -2.11. The summed E-state index contributed by atoms with van der Waals surface area (Å²) in [6, 6.07) is 7.12. The zero-order valence-electron chi connectivity index (χ0n) is 9.85. The van der Waals surface area contributed by atoms with Crippen LogP contribution in [0.3, 0.4) is 0 Å². The Morgan fingerprint density at radius 1 is 1.39 bits per heavy atom. The van der Waals surface area contributed by atoms with Gasteiger partial charge in [-0.15, -0.1) is 0 Å². The van der Waals surface area contributed by atoms with Gasteiger partial charge < -0.3 is 10.2 Å². The van der Waals surface area contributed by atoms with Gasteiger partial charge >= 0.3 is 0 Å². The van der Waals surface area contributed by atoms with Crippen molar-refractivity contribution in [2.24, 2.45) is 5.84 Å². The predicted molar refractivity (Wildman–Crippen MR) is 70.7 cm³/mol. The molecule has 0 fully saturated rings. The summed E-state index contributed by atoms with van der Waals surface area (Å²) in [6.07, 6.45) is 2.10. The SMILES string of the molecule is CCc1c(NN)ncnc1Oc1cccc(Cl)c1. The van der Waals surface area contributed by atoms with Crippen LogP contribution in [0.4, 0.5) is 5.82 Å². The zero-order valence-corrected chi connectivity index (χ0v) is 10.6. The summed E-state index contributed by atoms with van der Waals surface area (Å²) in [4.78, 5) is 8.15. The smallest absolute Gasteiger partial charge is 0.227 e. The van der Waals surface area contributed by atoms with Crippen molar-refractivity contribution in [1.29, 1.82) is 0 Å². The minimum absolute atomic E-state index is 0.475. The molecule has 0 saturated carbocycles. The molecule has 0 unspecified atom stereocenters. The van der Waals surface area contributed by atoms with Gasteiger partial charge in [-0.25, -0.2) is 15.8 Å². The number of hydrogen-bond donors (Lipinski definition) is 2. The molecule has 6 heteroatoms. The van der Waals surface area contributed by atoms with Crippen LogP contribution in [0, 0.1) is 0 Å². The van der Waals surface area contributed by atoms with E-state index in [0.717, 1.165) is 5.56 Å². The molecule has 1 aromatic heterocycles. The first-order chi connectivity index (χ1) is 8.74. The first kappa shape index (κ1) is 12.6. The number of ether oxygens (including phenoxy) is 1. The fraction of sp³-hybridized carbons (Fsp3) is 0.167. The molecule has 94 valence electrons. The third kappa shape index (κ3) is 2.69. The number of rotatable bonds is 4. The van der Waals surface area contributed by atoms with Crippen molar-refractivity contribution < 1.29 is 4.74 Å². The fourth-order valence-electron chi connectivity index (χ4n) is 1.57. The maximum atomic E-state index is 5.90. The van der Waals surface area contributed by atoms with E-state index in [1.54, 1.807) is 12.1 Å². The predicted octanol–water partition coefficient (Wildman–Crippen LogP) is 2.77. The second-order valence-corrected chi connectivity index (χ2v) is 4.00. The van der Waals surface area contributed by atoms with Crippen LogP contribution in [-0.4, -0.2) is 9.97 Å². The number of nitrogens with two attached hydrogens (primary N) is 1. The van der Waals surface area contributed by atoms with Gasteiger partial charge in [-0.3, -0.25) is 0 Å². The van der Waals surface area contributed by atoms with E-state index in [1.165, 1.54) is 6.33 Å². The van der Waals surface area contributed by atoms with Gasteiger partial charge in [0, 0.05) is 5.02 Å². The Morgan fingerprint density at radius 3 is 2.89 bits per heavy atom. The van der Waals surface area contributed by atoms with Crippen molar-refractivity contribution in [1.82, 2.24) is 9.97 Å². The molecule has 0 aliphatic carbocycles. The van der Waals surface area contributed by atoms with E-state index in [-0.39, 0.29) is 0 Å². The van der Waals surface area contributed by atoms with Gasteiger partial charge in [0.2, 0.25) is 5.88 Å². The summed E-state index contributed by atoms with van der Waals surface area (Å²) in [5.74, 6) is 7.05. The van der Waals surface area contributed by atoms with Crippen LogP contribution < -0.4 is 16.0 Å². The summed E-state index contributed by atoms with van der Waals surface area (Å²) >= 11 is 5.90. The van der Waals surface area contributed by atoms with E-state index in [0.29, 0.717) is 28.9 Å². The monoisotopic (exact) mass is 264 g/mol. The topological polar surface area (TPSA) is 73.1 Å². The first-order valence-corrected chi connectivity index (χ1v) is 5.86. The fourth-order valence-corrected chi connectivity index (χ4v) is 1.75. The van der Waals surface area contributed by atoms with Crippen LogP contribution in [0.1, 0.15) is 12.5 Å². The number of nitrogens with one attached hydrogen (secondary N) is 1. The van der Waals surface area contributed by atoms with Gasteiger partial charge in [-0.1, -0.05) is 24.6 Å². The van der Waals surface area contributed by atoms with Crippen molar-refractivity contribution in [3.05, 3.63) is 41.2 Å². The lowest BCUT2D eigenvalue weighted by molar-refractivity contribution is 0.455. The Hall–Kier alpha value is -1.85. The highest BCUT2D eigenvalue weighted by molar-refractivity contribution is 6.30. The third-order valence-corrected chi connectivity index (χ3v) is 2.64. The van der Waals surface area contributed by atoms with Crippen LogP contribution in [-0.2, 0) is 6.42 Å². The molecule has 5 nitrogen and oxygen atoms in total. The molecule has 18 heavy (non-hydrogen) atoms. The molecular weight excluding hydrogens is 252 g/mol. The van der Waals surface area contributed by atoms with Gasteiger partial charge in [-0.05, 0) is 24.6 Å². The average Bonchev–Trinajstić information content (AvgIpc) is 2.38. The average molecular weight is 265 g/mol. The van der Waals surface area contributed by atoms with Gasteiger partial charge in [0.05, 0.1) is 5.56 Å². The molecule has 0 saturated heterocycles. The molecule has 0 aliphatic rings. The van der Waals surface area contributed by atoms with Crippen LogP contribution in [0.25, 0.3) is 0 Å². The molecule has 2 rings (SSSR count). The van der Waals surface area contributed by atoms with E-state index in [9.17, 15) is 0 Å². The summed E-state index contributed by atoms with van der Waals surface area (Å²) in [7, 11) is 0. The molecule has 3 N–H and O–H groups in total. The van der Waals surface area contributed by atoms with Gasteiger partial charge in [0.1, 0.15) is 17.9 Å². The van der Waals surface area contributed by atoms with Crippen molar-refractivity contribution >= 4 is 17.4 Å². The van der Waals surface area contributed by atoms with Crippen molar-refractivity contribution in [2.75, 3.05) is 5.43 Å². The Labute approximate surface area is 110 Å². The number of hydrazine groups is 1. The van der Waals surface area contributed by atoms with Crippen molar-refractivity contribution in [3.8, 4) is 11.6 Å². The van der Waals surface area contributed by atoms with Crippen molar-refractivity contribution in [3.63, 3.8) is 0 Å². The van der Waals surface area contributed by atoms with E-state index in [2.05, 4.69) is 15.4 Å². The van der Waals surface area contributed by atoms with E-state index in [1.807, 2.05) is 19.1 Å². The molecule has 0 amide bonds. The quantitative estimate of drug-likeness (QED) is 0.656. The summed E-state index contributed by atoms with van der Waals surface area (Å²) in [5.41, 5.74) is 3.35. The molecule has 0 radical (unpaired) electrons. The van der Waals surface area contributed by atoms with E-state index in [4.69, 9.17) is 22.2 Å². The number of nitrogen functional groups attached to an aromatic ring is 1. The largest absolute Gasteiger partial charge is 0.438 e. The van der Waals surface area contributed by atoms with Crippen LogP contribution in [0.5, 0.6) is 11.6 Å². The Bertz CT molecular complexity index is 547. The first-order valence-electron chi connectivity index (χ1n) is 5.48. The number of halogens is 1. The Morgan fingerprint density at radius 2 is 2.22 bits per heavy atom. The standard InChI is InChI=1S/C12H13ClN4O/c1-2-10-11(17-14)15-7-16-12(10)18-9-5-3-4-8(13)6-9/h3-7H,2,14H2,1H3,(H,15,16,17). The minimum Gasteiger partial charge on any atom is -0.438 e. The maximum Gasteiger partial charge on any atom is 0.227 e. The van der Waals surface area contributed by atoms with Gasteiger partial charge in [0.15, 0.2) is 0 Å². The van der Waals surface area contributed by atoms with E-state index >= 15 is 0 Å². The number of anilines is 1. The Balaban J connectivity index is 2.34. The van der Waals surface area contributed by atoms with Gasteiger partial charge in [-0.2, -0.15) is 0 Å². The second kappa shape index (κ2) is 5.66. The molecule has 0 aliphatic heterocycles. The molecule has 0 spiro atoms. The highest BCUT2D eigenvalue weighted by Gasteiger charge is 2.11. The van der Waals surface area contributed by atoms with Crippen LogP contribution in [0.2, 0.25) is 5.02 Å². The molecule has 0 bridgehead atoms. The lowest BCUT2D eigenvalue weighted by atomic mass is 10.2. The summed E-state index contributed by atoms with van der Waals surface area (Å²) in [5, 5.41) is 0.608. The summed E-state index contributed by atoms with van der Waals surface area (Å²) in [6.45, 7) is 1.98. The zero-order chi connectivity index (χ0) is 13.0. The molecule has 0 atom stereocenters. The molecule has 1 aromatic carbocycles. The highest BCUT2D eigenvalue weighted by Crippen LogP contribution is 2.28. The normalized spacial score (nSPS) is 10.2. The minimum atomic E-state index is 0.475. The third-order valence-electron chi connectivity index (χ3n) is 2.41.